The fourth-order valence-electron chi connectivity index (χ4n) is 7.60. The van der Waals surface area contributed by atoms with Gasteiger partial charge in [0.15, 0.2) is 0 Å². The van der Waals surface area contributed by atoms with E-state index >= 15 is 0 Å². The Bertz CT molecular complexity index is 990. The molecule has 1 aromatic carbocycles. The smallest absolute Gasteiger partial charge is 0.228 e. The Labute approximate surface area is 220 Å². The highest BCUT2D eigenvalue weighted by molar-refractivity contribution is 14.2. The third-order valence-corrected chi connectivity index (χ3v) is 12.4. The van der Waals surface area contributed by atoms with Crippen LogP contribution in [0.5, 0.6) is 0 Å². The van der Waals surface area contributed by atoms with E-state index in [1.807, 2.05) is 0 Å². The van der Waals surface area contributed by atoms with Crippen molar-refractivity contribution in [2.24, 2.45) is 20.5 Å². The molecule has 0 aromatic heterocycles. The maximum atomic E-state index is 14.5. The SMILES string of the molecule is CC1=NI=C2N(CCC[C@]23CNC[C@H]3C(=O)N2CC[C@@H](c3ccccc3)C[C@H]2C2CCCCC2)N1. The van der Waals surface area contributed by atoms with Crippen LogP contribution in [0.25, 0.3) is 0 Å². The Morgan fingerprint density at radius 1 is 1.09 bits per heavy atom. The maximum Gasteiger partial charge on any atom is 0.228 e. The molecular formula is C28H40IN5O. The molecule has 4 atom stereocenters. The molecule has 0 radical (unpaired) electrons. The zero-order chi connectivity index (χ0) is 23.8. The van der Waals surface area contributed by atoms with E-state index in [0.717, 1.165) is 57.7 Å². The molecule has 0 bridgehead atoms. The van der Waals surface area contributed by atoms with E-state index in [-0.39, 0.29) is 11.3 Å². The Balaban J connectivity index is 1.29. The lowest BCUT2D eigenvalue weighted by Gasteiger charge is -2.49. The molecule has 1 spiro atoms. The number of benzene rings is 1. The van der Waals surface area contributed by atoms with Gasteiger partial charge in [0.1, 0.15) is 5.84 Å². The highest BCUT2D eigenvalue weighted by atomic mass is 127. The first kappa shape index (κ1) is 24.0. The number of nitrogens with zero attached hydrogens (tertiary/aromatic N) is 3. The minimum atomic E-state index is -0.426. The number of fused-ring (bicyclic) bond motifs is 2. The summed E-state index contributed by atoms with van der Waals surface area (Å²) >= 11 is -0.426. The van der Waals surface area contributed by atoms with Gasteiger partial charge in [0.25, 0.3) is 0 Å². The topological polar surface area (TPSA) is 60.0 Å². The molecule has 5 aliphatic rings. The van der Waals surface area contributed by atoms with Crippen molar-refractivity contribution in [3.05, 3.63) is 35.9 Å². The van der Waals surface area contributed by atoms with Gasteiger partial charge in [0.05, 0.1) is 9.55 Å². The Morgan fingerprint density at radius 2 is 1.91 bits per heavy atom. The van der Waals surface area contributed by atoms with Gasteiger partial charge in [-0.2, -0.15) is 5.01 Å². The molecule has 0 unspecified atom stereocenters. The summed E-state index contributed by atoms with van der Waals surface area (Å²) in [6.45, 7) is 5.77. The van der Waals surface area contributed by atoms with Crippen LogP contribution in [-0.2, 0) is 4.79 Å². The molecule has 190 valence electrons. The van der Waals surface area contributed by atoms with Gasteiger partial charge < -0.3 is 15.6 Å². The molecule has 4 fully saturated rings. The van der Waals surface area contributed by atoms with E-state index in [1.54, 1.807) is 0 Å². The van der Waals surface area contributed by atoms with Crippen LogP contribution in [0.15, 0.2) is 33.5 Å². The van der Waals surface area contributed by atoms with Crippen LogP contribution in [0.4, 0.5) is 0 Å². The molecule has 1 saturated carbocycles. The average Bonchev–Trinajstić information content (AvgIpc) is 3.32. The summed E-state index contributed by atoms with van der Waals surface area (Å²) in [7, 11) is 0. The van der Waals surface area contributed by atoms with Crippen LogP contribution >= 0.6 is 21.0 Å². The number of nitrogens with one attached hydrogen (secondary N) is 2. The van der Waals surface area contributed by atoms with E-state index in [1.165, 1.54) is 41.3 Å². The molecule has 1 amide bonds. The molecule has 4 aliphatic heterocycles. The van der Waals surface area contributed by atoms with Gasteiger partial charge in [-0.05, 0) is 62.8 Å². The van der Waals surface area contributed by atoms with Gasteiger partial charge in [0, 0.05) is 58.6 Å². The molecule has 1 aliphatic carbocycles. The molecular weight excluding hydrogens is 549 g/mol. The molecule has 4 heterocycles. The van der Waals surface area contributed by atoms with E-state index in [4.69, 9.17) is 3.21 Å². The van der Waals surface area contributed by atoms with Crippen LogP contribution in [0.2, 0.25) is 0 Å². The third kappa shape index (κ3) is 4.50. The highest BCUT2D eigenvalue weighted by Crippen LogP contribution is 2.47. The van der Waals surface area contributed by atoms with Crippen molar-refractivity contribution in [3.8, 4) is 0 Å². The van der Waals surface area contributed by atoms with Gasteiger partial charge in [-0.25, -0.2) is 3.21 Å². The molecule has 7 heteroatoms. The van der Waals surface area contributed by atoms with E-state index in [0.29, 0.717) is 23.8 Å². The molecule has 2 N–H and O–H groups in total. The van der Waals surface area contributed by atoms with Gasteiger partial charge in [-0.15, -0.1) is 0 Å². The average molecular weight is 590 g/mol. The Morgan fingerprint density at radius 3 is 2.74 bits per heavy atom. The second kappa shape index (κ2) is 10.2. The predicted molar refractivity (Wildman–Crippen MR) is 150 cm³/mol. The second-order valence-electron chi connectivity index (χ2n) is 11.4. The minimum absolute atomic E-state index is 0.0484. The number of hydrogen-bond acceptors (Lipinski definition) is 5. The number of hydrazine groups is 1. The lowest BCUT2D eigenvalue weighted by molar-refractivity contribution is -0.143. The van der Waals surface area contributed by atoms with Crippen LogP contribution in [-0.4, -0.2) is 57.5 Å². The summed E-state index contributed by atoms with van der Waals surface area (Å²) in [5.74, 6) is 2.76. The Hall–Kier alpha value is -1.32. The number of halogens is 1. The lowest BCUT2D eigenvalue weighted by atomic mass is 9.70. The summed E-state index contributed by atoms with van der Waals surface area (Å²) in [4.78, 5) is 16.9. The van der Waals surface area contributed by atoms with Crippen LogP contribution < -0.4 is 10.7 Å². The predicted octanol–water partition coefficient (Wildman–Crippen LogP) is 4.60. The van der Waals surface area contributed by atoms with E-state index in [2.05, 4.69) is 57.9 Å². The molecule has 6 nitrogen and oxygen atoms in total. The summed E-state index contributed by atoms with van der Waals surface area (Å²) in [5.41, 5.74) is 4.93. The lowest BCUT2D eigenvalue weighted by Crippen LogP contribution is -2.61. The van der Waals surface area contributed by atoms with Crippen LogP contribution in [0, 0.1) is 17.3 Å². The largest absolute Gasteiger partial charge is 0.339 e. The normalized spacial score (nSPS) is 34.4. The molecule has 1 aromatic rings. The quantitative estimate of drug-likeness (QED) is 0.507. The number of amidine groups is 1. The number of likely N-dealkylation sites (tertiary alicyclic amines) is 1. The standard InChI is InChI=1S/C28H40IN5O/c1-20-31-29-27-28(14-8-15-34(27)32-20)19-30-18-24(28)26(35)33-16-13-23(21-9-4-2-5-10-21)17-25(33)22-11-6-3-7-12-22/h2,4-5,9-10,22-25,30H,3,6-8,11-19H2,1H3,(H,31,32)/t23-,24+,25+,28-/m1/s1. The summed E-state index contributed by atoms with van der Waals surface area (Å²) in [6.07, 6.45) is 11.1. The maximum absolute atomic E-state index is 14.5. The summed E-state index contributed by atoms with van der Waals surface area (Å²) in [5, 5.41) is 6.04. The molecule has 6 rings (SSSR count). The van der Waals surface area contributed by atoms with E-state index in [9.17, 15) is 4.79 Å². The highest BCUT2D eigenvalue weighted by Gasteiger charge is 2.55. The Kier molecular flexibility index (Phi) is 7.01. The van der Waals surface area contributed by atoms with Crippen LogP contribution in [0.3, 0.4) is 0 Å². The van der Waals surface area contributed by atoms with Crippen molar-refractivity contribution >= 4 is 36.4 Å². The van der Waals surface area contributed by atoms with Crippen molar-refractivity contribution in [1.29, 1.82) is 0 Å². The summed E-state index contributed by atoms with van der Waals surface area (Å²) < 4.78 is 6.30. The number of carbonyl (C=O) groups excluding carboxylic acids is 1. The van der Waals surface area contributed by atoms with Crippen molar-refractivity contribution in [2.45, 2.75) is 76.7 Å². The van der Waals surface area contributed by atoms with Gasteiger partial charge in [-0.3, -0.25) is 4.79 Å². The van der Waals surface area contributed by atoms with Crippen molar-refractivity contribution in [1.82, 2.24) is 20.7 Å². The number of rotatable bonds is 3. The first-order valence-electron chi connectivity index (χ1n) is 13.8. The number of piperidine rings is 2. The van der Waals surface area contributed by atoms with Crippen molar-refractivity contribution in [2.75, 3.05) is 26.2 Å². The van der Waals surface area contributed by atoms with Gasteiger partial charge >= 0.3 is 0 Å². The van der Waals surface area contributed by atoms with Crippen molar-refractivity contribution < 1.29 is 4.79 Å². The zero-order valence-electron chi connectivity index (χ0n) is 21.0. The fourth-order valence-corrected chi connectivity index (χ4v) is 10.2. The number of hydrogen-bond donors (Lipinski definition) is 2. The van der Waals surface area contributed by atoms with Gasteiger partial charge in [0.2, 0.25) is 5.91 Å². The minimum Gasteiger partial charge on any atom is -0.339 e. The molecule has 35 heavy (non-hydrogen) atoms. The molecule has 3 saturated heterocycles. The van der Waals surface area contributed by atoms with Gasteiger partial charge in [-0.1, -0.05) is 49.6 Å². The zero-order valence-corrected chi connectivity index (χ0v) is 23.2. The first-order chi connectivity index (χ1) is 17.2. The second-order valence-corrected chi connectivity index (χ2v) is 13.4. The number of amides is 1. The number of carbonyl (C=O) groups is 1. The van der Waals surface area contributed by atoms with E-state index < -0.39 is 21.0 Å². The monoisotopic (exact) mass is 589 g/mol. The summed E-state index contributed by atoms with van der Waals surface area (Å²) in [6, 6.07) is 11.5. The fraction of sp³-hybridized carbons (Fsp3) is 0.679. The van der Waals surface area contributed by atoms with Crippen molar-refractivity contribution in [3.63, 3.8) is 0 Å². The third-order valence-electron chi connectivity index (χ3n) is 9.35. The first-order valence-corrected chi connectivity index (χ1v) is 15.9. The van der Waals surface area contributed by atoms with Crippen LogP contribution in [0.1, 0.15) is 76.2 Å².